The average Bonchev–Trinajstić information content (AvgIpc) is 3.31. The molecular weight excluding hydrogens is 449 g/mol. The van der Waals surface area contributed by atoms with Crippen LogP contribution >= 0.6 is 34.5 Å². The van der Waals surface area contributed by atoms with Crippen LogP contribution in [0.5, 0.6) is 0 Å². The van der Waals surface area contributed by atoms with Crippen molar-refractivity contribution >= 4 is 40.6 Å². The molecule has 4 nitrogen and oxygen atoms in total. The van der Waals surface area contributed by atoms with Gasteiger partial charge in [-0.2, -0.15) is 0 Å². The standard InChI is InChI=1S/C24H23Cl2N3OS/c25-17-13-27-14-18(26)19(17)20-16(21(30-29-20)15-1-2-15)3-4-23-5-8-24(9-6-23,10-7-23)22-28-11-12-31-22/h3-4,11-15H,1-2,5-10H2. The van der Waals surface area contributed by atoms with Gasteiger partial charge in [-0.05, 0) is 56.8 Å². The molecule has 0 unspecified atom stereocenters. The molecule has 31 heavy (non-hydrogen) atoms. The van der Waals surface area contributed by atoms with Gasteiger partial charge in [-0.3, -0.25) is 4.98 Å². The van der Waals surface area contributed by atoms with E-state index in [1.54, 1.807) is 12.4 Å². The quantitative estimate of drug-likeness (QED) is 0.382. The molecule has 3 aromatic heterocycles. The molecule has 0 saturated heterocycles. The van der Waals surface area contributed by atoms with Crippen LogP contribution in [0.25, 0.3) is 17.3 Å². The van der Waals surface area contributed by atoms with Crippen molar-refractivity contribution in [3.63, 3.8) is 0 Å². The normalized spacial score (nSPS) is 27.9. The van der Waals surface area contributed by atoms with E-state index in [9.17, 15) is 0 Å². The van der Waals surface area contributed by atoms with Crippen LogP contribution in [0.2, 0.25) is 10.0 Å². The number of nitrogens with zero attached hydrogens (tertiary/aromatic N) is 3. The SMILES string of the molecule is Clc1cncc(Cl)c1-c1noc(C2CC2)c1C=CC12CCC(c3nccs3)(CC1)CC2. The van der Waals surface area contributed by atoms with E-state index in [0.29, 0.717) is 26.9 Å². The molecule has 160 valence electrons. The number of fused-ring (bicyclic) bond motifs is 3. The van der Waals surface area contributed by atoms with Crippen LogP contribution in [0.15, 0.2) is 34.6 Å². The highest BCUT2D eigenvalue weighted by molar-refractivity contribution is 7.09. The molecule has 3 heterocycles. The molecule has 0 amide bonds. The molecule has 4 aliphatic carbocycles. The fraction of sp³-hybridized carbons (Fsp3) is 0.458. The van der Waals surface area contributed by atoms with Crippen LogP contribution in [0, 0.1) is 5.41 Å². The summed E-state index contributed by atoms with van der Waals surface area (Å²) in [5.74, 6) is 1.42. The zero-order valence-corrected chi connectivity index (χ0v) is 19.4. The first-order chi connectivity index (χ1) is 15.1. The molecule has 3 aromatic rings. The van der Waals surface area contributed by atoms with Crippen LogP contribution in [-0.2, 0) is 5.41 Å². The third-order valence-corrected chi connectivity index (χ3v) is 9.18. The Morgan fingerprint density at radius 2 is 1.74 bits per heavy atom. The Morgan fingerprint density at radius 1 is 1.03 bits per heavy atom. The lowest BCUT2D eigenvalue weighted by atomic mass is 9.54. The molecule has 0 radical (unpaired) electrons. The number of rotatable bonds is 5. The maximum absolute atomic E-state index is 6.46. The Labute approximate surface area is 195 Å². The Kier molecular flexibility index (Phi) is 4.78. The highest BCUT2D eigenvalue weighted by atomic mass is 35.5. The van der Waals surface area contributed by atoms with Gasteiger partial charge in [0.2, 0.25) is 0 Å². The van der Waals surface area contributed by atoms with Crippen molar-refractivity contribution in [3.05, 3.63) is 56.4 Å². The van der Waals surface area contributed by atoms with Crippen LogP contribution in [0.3, 0.4) is 0 Å². The summed E-state index contributed by atoms with van der Waals surface area (Å²) in [6, 6.07) is 0. The molecule has 2 bridgehead atoms. The Bertz CT molecular complexity index is 1110. The fourth-order valence-corrected chi connectivity index (χ4v) is 6.93. The largest absolute Gasteiger partial charge is 0.360 e. The monoisotopic (exact) mass is 471 g/mol. The summed E-state index contributed by atoms with van der Waals surface area (Å²) < 4.78 is 5.82. The number of allylic oxidation sites excluding steroid dienone is 1. The number of hydrogen-bond acceptors (Lipinski definition) is 5. The zero-order chi connectivity index (χ0) is 21.1. The van der Waals surface area contributed by atoms with Gasteiger partial charge in [0.25, 0.3) is 0 Å². The predicted molar refractivity (Wildman–Crippen MR) is 125 cm³/mol. The van der Waals surface area contributed by atoms with Crippen molar-refractivity contribution in [1.82, 2.24) is 15.1 Å². The van der Waals surface area contributed by atoms with E-state index in [1.165, 1.54) is 43.5 Å². The summed E-state index contributed by atoms with van der Waals surface area (Å²) in [4.78, 5) is 8.75. The van der Waals surface area contributed by atoms with Gasteiger partial charge in [0, 0.05) is 46.4 Å². The van der Waals surface area contributed by atoms with Crippen molar-refractivity contribution < 1.29 is 4.52 Å². The minimum atomic E-state index is 0.250. The van der Waals surface area contributed by atoms with E-state index < -0.39 is 0 Å². The van der Waals surface area contributed by atoms with Gasteiger partial charge in [0.15, 0.2) is 0 Å². The first-order valence-corrected chi connectivity index (χ1v) is 12.6. The topological polar surface area (TPSA) is 51.8 Å². The van der Waals surface area contributed by atoms with E-state index in [1.807, 2.05) is 17.5 Å². The molecule has 0 atom stereocenters. The van der Waals surface area contributed by atoms with Crippen molar-refractivity contribution in [2.24, 2.45) is 5.41 Å². The molecule has 0 spiro atoms. The number of aromatic nitrogens is 3. The third kappa shape index (κ3) is 3.37. The van der Waals surface area contributed by atoms with Crippen LogP contribution < -0.4 is 0 Å². The van der Waals surface area contributed by atoms with Crippen molar-refractivity contribution in [2.75, 3.05) is 0 Å². The molecule has 0 N–H and O–H groups in total. The Morgan fingerprint density at radius 3 is 2.35 bits per heavy atom. The summed E-state index contributed by atoms with van der Waals surface area (Å²) >= 11 is 14.7. The Hall–Kier alpha value is -1.69. The molecule has 7 rings (SSSR count). The number of pyridine rings is 1. The van der Waals surface area contributed by atoms with Gasteiger partial charge in [0.05, 0.1) is 15.1 Å². The third-order valence-electron chi connectivity index (χ3n) is 7.59. The molecule has 0 aliphatic heterocycles. The van der Waals surface area contributed by atoms with Gasteiger partial charge in [-0.15, -0.1) is 11.3 Å². The summed E-state index contributed by atoms with van der Waals surface area (Å²) in [6.45, 7) is 0. The smallest absolute Gasteiger partial charge is 0.147 e. The first kappa shape index (κ1) is 20.0. The van der Waals surface area contributed by atoms with Crippen LogP contribution in [0.4, 0.5) is 0 Å². The van der Waals surface area contributed by atoms with Crippen LogP contribution in [-0.4, -0.2) is 15.1 Å². The highest BCUT2D eigenvalue weighted by Gasteiger charge is 2.49. The Balaban J connectivity index is 1.33. The van der Waals surface area contributed by atoms with Gasteiger partial charge < -0.3 is 4.52 Å². The summed E-state index contributed by atoms with van der Waals surface area (Å²) in [5.41, 5.74) is 3.04. The van der Waals surface area contributed by atoms with Gasteiger partial charge in [0.1, 0.15) is 11.5 Å². The maximum atomic E-state index is 6.46. The van der Waals surface area contributed by atoms with E-state index >= 15 is 0 Å². The summed E-state index contributed by atoms with van der Waals surface area (Å²) in [7, 11) is 0. The molecule has 4 saturated carbocycles. The maximum Gasteiger partial charge on any atom is 0.147 e. The van der Waals surface area contributed by atoms with E-state index in [-0.39, 0.29) is 5.41 Å². The fourth-order valence-electron chi connectivity index (χ4n) is 5.46. The second-order valence-electron chi connectivity index (χ2n) is 9.37. The summed E-state index contributed by atoms with van der Waals surface area (Å²) in [6.07, 6.45) is 19.4. The molecule has 0 aromatic carbocycles. The lowest BCUT2D eigenvalue weighted by molar-refractivity contribution is 0.0794. The molecule has 4 fully saturated rings. The van der Waals surface area contributed by atoms with E-state index in [0.717, 1.165) is 29.9 Å². The summed E-state index contributed by atoms with van der Waals surface area (Å²) in [5, 5.41) is 8.86. The number of hydrogen-bond donors (Lipinski definition) is 0. The van der Waals surface area contributed by atoms with E-state index in [2.05, 4.69) is 32.7 Å². The second-order valence-corrected chi connectivity index (χ2v) is 11.1. The number of thiazole rings is 1. The predicted octanol–water partition coefficient (Wildman–Crippen LogP) is 7.68. The second kappa shape index (κ2) is 7.43. The van der Waals surface area contributed by atoms with Crippen molar-refractivity contribution in [3.8, 4) is 11.3 Å². The zero-order valence-electron chi connectivity index (χ0n) is 17.1. The van der Waals surface area contributed by atoms with Gasteiger partial charge >= 0.3 is 0 Å². The van der Waals surface area contributed by atoms with Gasteiger partial charge in [-0.25, -0.2) is 4.98 Å². The first-order valence-electron chi connectivity index (χ1n) is 11.0. The molecular formula is C24H23Cl2N3OS. The van der Waals surface area contributed by atoms with Crippen molar-refractivity contribution in [2.45, 2.75) is 62.7 Å². The lowest BCUT2D eigenvalue weighted by Gasteiger charge is -2.51. The minimum Gasteiger partial charge on any atom is -0.360 e. The highest BCUT2D eigenvalue weighted by Crippen LogP contribution is 2.59. The van der Waals surface area contributed by atoms with Crippen molar-refractivity contribution in [1.29, 1.82) is 0 Å². The lowest BCUT2D eigenvalue weighted by Crippen LogP contribution is -2.43. The van der Waals surface area contributed by atoms with Crippen LogP contribution in [0.1, 0.15) is 73.6 Å². The molecule has 7 heteroatoms. The van der Waals surface area contributed by atoms with E-state index in [4.69, 9.17) is 27.7 Å². The molecule has 4 aliphatic rings. The van der Waals surface area contributed by atoms with Gasteiger partial charge in [-0.1, -0.05) is 40.5 Å². The minimum absolute atomic E-state index is 0.250. The average molecular weight is 472 g/mol. The number of halogens is 2.